The molecule has 2 atom stereocenters. The molecule has 0 saturated carbocycles. The Bertz CT molecular complexity index is 195. The van der Waals surface area contributed by atoms with Crippen LogP contribution in [0.25, 0.3) is 0 Å². The molecule has 2 unspecified atom stereocenters. The van der Waals surface area contributed by atoms with Crippen LogP contribution in [-0.2, 0) is 9.59 Å². The minimum atomic E-state index is -1.01. The van der Waals surface area contributed by atoms with Crippen LogP contribution in [0.1, 0.15) is 0 Å². The van der Waals surface area contributed by atoms with E-state index in [1.165, 1.54) is 0 Å². The summed E-state index contributed by atoms with van der Waals surface area (Å²) < 4.78 is 0. The molecule has 0 aliphatic heterocycles. The van der Waals surface area contributed by atoms with E-state index in [-0.39, 0.29) is 43.3 Å². The summed E-state index contributed by atoms with van der Waals surface area (Å²) in [4.78, 5) is 20.6. The first-order valence-corrected chi connectivity index (χ1v) is 10.4. The van der Waals surface area contributed by atoms with Gasteiger partial charge in [0.15, 0.2) is 0 Å². The number of carbonyl (C=O) groups is 2. The van der Waals surface area contributed by atoms with Crippen LogP contribution in [0.5, 0.6) is 0 Å². The summed E-state index contributed by atoms with van der Waals surface area (Å²) in [6.45, 7) is 0. The number of aliphatic carboxylic acids is 2. The van der Waals surface area contributed by atoms with E-state index in [9.17, 15) is 9.59 Å². The first-order valence-electron chi connectivity index (χ1n) is 3.66. The molecule has 90 valence electrons. The van der Waals surface area contributed by atoms with Gasteiger partial charge in [0, 0.05) is 0 Å². The first kappa shape index (κ1) is 17.8. The summed E-state index contributed by atoms with van der Waals surface area (Å²) in [5.41, 5.74) is 10.5. The predicted molar refractivity (Wildman–Crippen MR) is 60.9 cm³/mol. The van der Waals surface area contributed by atoms with E-state index in [1.807, 2.05) is 0 Å². The number of hydrogen-bond donors (Lipinski definition) is 4. The van der Waals surface area contributed by atoms with Gasteiger partial charge in [-0.05, 0) is 0 Å². The first-order chi connectivity index (χ1) is 6.45. The Morgan fingerprint density at radius 1 is 1.00 bits per heavy atom. The second-order valence-corrected chi connectivity index (χ2v) is 9.99. The van der Waals surface area contributed by atoms with Crippen LogP contribution in [-0.4, -0.2) is 77.6 Å². The average Bonchev–Trinajstić information content (AvgIpc) is 2.11. The van der Waals surface area contributed by atoms with E-state index in [0.717, 1.165) is 0 Å². The average molecular weight is 415 g/mol. The fourth-order valence-electron chi connectivity index (χ4n) is 0.385. The maximum absolute atomic E-state index is 10.3. The second-order valence-electron chi connectivity index (χ2n) is 2.46. The van der Waals surface area contributed by atoms with Crippen molar-refractivity contribution in [3.8, 4) is 0 Å². The van der Waals surface area contributed by atoms with Crippen LogP contribution in [0.4, 0.5) is 0 Å². The maximum atomic E-state index is 10.3. The molecule has 15 heavy (non-hydrogen) atoms. The van der Waals surface area contributed by atoms with Gasteiger partial charge in [-0.15, -0.1) is 0 Å². The van der Waals surface area contributed by atoms with Crippen molar-refractivity contribution in [1.82, 2.24) is 0 Å². The van der Waals surface area contributed by atoms with Crippen LogP contribution >= 0.6 is 0 Å². The summed E-state index contributed by atoms with van der Waals surface area (Å²) in [7, 11) is 0. The Morgan fingerprint density at radius 3 is 1.47 bits per heavy atom. The van der Waals surface area contributed by atoms with Crippen LogP contribution in [0.3, 0.4) is 0 Å². The molecule has 0 amide bonds. The van der Waals surface area contributed by atoms with Gasteiger partial charge in [-0.25, -0.2) is 0 Å². The van der Waals surface area contributed by atoms with E-state index < -0.39 is 24.0 Å². The van der Waals surface area contributed by atoms with Crippen LogP contribution in [0.2, 0.25) is 10.6 Å². The zero-order valence-corrected chi connectivity index (χ0v) is 13.3. The number of carboxylic acid groups (broad SMARTS) is 2. The van der Waals surface area contributed by atoms with Crippen molar-refractivity contribution in [2.24, 2.45) is 11.5 Å². The topological polar surface area (TPSA) is 127 Å². The summed E-state index contributed by atoms with van der Waals surface area (Å²) >= 11 is 0.218. The van der Waals surface area contributed by atoms with Crippen molar-refractivity contribution < 1.29 is 19.8 Å². The summed E-state index contributed by atoms with van der Waals surface area (Å²) in [6.07, 6.45) is 0. The Morgan fingerprint density at radius 2 is 1.27 bits per heavy atom. The minimum absolute atomic E-state index is 0. The molecule has 6 N–H and O–H groups in total. The van der Waals surface area contributed by atoms with Crippen molar-refractivity contribution in [3.05, 3.63) is 0 Å². The third-order valence-corrected chi connectivity index (χ3v) is 8.42. The molecule has 0 bridgehead atoms. The van der Waals surface area contributed by atoms with Crippen LogP contribution < -0.4 is 11.5 Å². The van der Waals surface area contributed by atoms with Crippen molar-refractivity contribution in [2.75, 3.05) is 0 Å². The molecule has 0 aromatic rings. The monoisotopic (exact) mass is 418 g/mol. The Hall–Kier alpha value is 0.418. The van der Waals surface area contributed by atoms with Crippen LogP contribution in [0.15, 0.2) is 0 Å². The molecule has 0 heterocycles. The summed E-state index contributed by atoms with van der Waals surface area (Å²) in [6, 6.07) is -1.64. The van der Waals surface area contributed by atoms with Gasteiger partial charge in [-0.1, -0.05) is 0 Å². The molecule has 9 heteroatoms. The Balaban J connectivity index is 0. The van der Waals surface area contributed by atoms with Crippen molar-refractivity contribution >= 4 is 55.3 Å². The van der Waals surface area contributed by atoms with Gasteiger partial charge < -0.3 is 0 Å². The molecule has 0 aliphatic rings. The third-order valence-electron chi connectivity index (χ3n) is 1.21. The van der Waals surface area contributed by atoms with E-state index in [2.05, 4.69) is 0 Å². The SMILES string of the molecule is NC(C[Se][Se]CC(N)C(=O)O)C(=O)O.[SeH2]. The normalized spacial score (nSPS) is 13.7. The van der Waals surface area contributed by atoms with Crippen LogP contribution in [0, 0.1) is 0 Å². The summed E-state index contributed by atoms with van der Waals surface area (Å²) in [5, 5.41) is 17.8. The predicted octanol–water partition coefficient (Wildman–Crippen LogP) is -2.95. The van der Waals surface area contributed by atoms with E-state index in [4.69, 9.17) is 21.7 Å². The molecule has 0 rings (SSSR count). The van der Waals surface area contributed by atoms with Gasteiger partial charge in [0.05, 0.1) is 0 Å². The Labute approximate surface area is 109 Å². The molecular formula is C6H14N2O4Se3. The number of hydrogen-bond acceptors (Lipinski definition) is 4. The molecule has 0 aromatic carbocycles. The number of nitrogens with two attached hydrogens (primary N) is 2. The van der Waals surface area contributed by atoms with Crippen molar-refractivity contribution in [3.63, 3.8) is 0 Å². The van der Waals surface area contributed by atoms with Gasteiger partial charge in [0.1, 0.15) is 0 Å². The van der Waals surface area contributed by atoms with Gasteiger partial charge in [0.25, 0.3) is 0 Å². The standard InChI is InChI=1S/C6H12N2O4Se2.H2Se/c7-3(5(9)10)1-13-14-2-4(8)6(11)12;/h3-4H,1-2,7-8H2,(H,9,10)(H,11,12);1H2. The zero-order valence-electron chi connectivity index (χ0n) is 7.75. The molecule has 0 fully saturated rings. The third kappa shape index (κ3) is 9.35. The van der Waals surface area contributed by atoms with E-state index in [0.29, 0.717) is 10.6 Å². The van der Waals surface area contributed by atoms with Gasteiger partial charge in [-0.2, -0.15) is 0 Å². The molecule has 6 nitrogen and oxygen atoms in total. The van der Waals surface area contributed by atoms with E-state index in [1.54, 1.807) is 0 Å². The molecule has 0 saturated heterocycles. The summed E-state index contributed by atoms with van der Waals surface area (Å²) in [5.74, 6) is -2.02. The van der Waals surface area contributed by atoms with Crippen molar-refractivity contribution in [1.29, 1.82) is 0 Å². The molecule has 0 radical (unpaired) electrons. The number of carboxylic acids is 2. The Kier molecular flexibility index (Phi) is 11.4. The van der Waals surface area contributed by atoms with Crippen molar-refractivity contribution in [2.45, 2.75) is 22.7 Å². The molecule has 0 spiro atoms. The second kappa shape index (κ2) is 9.63. The number of rotatable bonds is 7. The molecule has 0 aliphatic carbocycles. The van der Waals surface area contributed by atoms with E-state index >= 15 is 0 Å². The fraction of sp³-hybridized carbons (Fsp3) is 0.667. The fourth-order valence-corrected chi connectivity index (χ4v) is 7.30. The zero-order chi connectivity index (χ0) is 11.1. The molecule has 0 aromatic heterocycles. The van der Waals surface area contributed by atoms with Gasteiger partial charge >= 0.3 is 109 Å². The van der Waals surface area contributed by atoms with Gasteiger partial charge in [0.2, 0.25) is 0 Å². The van der Waals surface area contributed by atoms with Gasteiger partial charge in [-0.3, -0.25) is 0 Å². The molecular weight excluding hydrogens is 401 g/mol. The quantitative estimate of drug-likeness (QED) is 0.260.